The van der Waals surface area contributed by atoms with E-state index in [4.69, 9.17) is 0 Å². The number of carboxylic acids is 1. The van der Waals surface area contributed by atoms with Crippen LogP contribution in [0.5, 0.6) is 0 Å². The number of aromatic nitrogens is 2. The van der Waals surface area contributed by atoms with Crippen LogP contribution in [0.4, 0.5) is 0 Å². The first-order valence-electron chi connectivity index (χ1n) is 9.56. The molecule has 148 valence electrons. The predicted octanol–water partition coefficient (Wildman–Crippen LogP) is 1.15. The van der Waals surface area contributed by atoms with E-state index in [1.807, 2.05) is 6.92 Å². The molecular weight excluding hydrogens is 348 g/mol. The molecule has 0 aromatic carbocycles. The van der Waals surface area contributed by atoms with Gasteiger partial charge >= 0.3 is 5.97 Å². The third-order valence-corrected chi connectivity index (χ3v) is 6.14. The summed E-state index contributed by atoms with van der Waals surface area (Å²) in [6.45, 7) is 7.27. The van der Waals surface area contributed by atoms with Crippen LogP contribution in [0.25, 0.3) is 0 Å². The van der Waals surface area contributed by atoms with E-state index < -0.39 is 11.4 Å². The second-order valence-corrected chi connectivity index (χ2v) is 7.74. The van der Waals surface area contributed by atoms with Crippen molar-refractivity contribution in [3.63, 3.8) is 0 Å². The van der Waals surface area contributed by atoms with Crippen molar-refractivity contribution in [3.8, 4) is 0 Å². The highest BCUT2D eigenvalue weighted by Crippen LogP contribution is 2.39. The number of aliphatic carboxylic acids is 1. The maximum atomic E-state index is 12.7. The Labute approximate surface area is 158 Å². The molecule has 0 aliphatic carbocycles. The van der Waals surface area contributed by atoms with Gasteiger partial charge in [-0.15, -0.1) is 0 Å². The molecule has 2 saturated heterocycles. The number of likely N-dealkylation sites (tertiary alicyclic amines) is 1. The molecule has 2 N–H and O–H groups in total. The number of amides is 1. The van der Waals surface area contributed by atoms with E-state index in [2.05, 4.69) is 10.4 Å². The third-order valence-electron chi connectivity index (χ3n) is 6.14. The highest BCUT2D eigenvalue weighted by atomic mass is 16.4. The minimum Gasteiger partial charge on any atom is -0.481 e. The monoisotopic (exact) mass is 376 g/mol. The lowest BCUT2D eigenvalue weighted by molar-refractivity contribution is -0.159. The highest BCUT2D eigenvalue weighted by Gasteiger charge is 2.50. The van der Waals surface area contributed by atoms with Crippen LogP contribution in [0.1, 0.15) is 54.4 Å². The average molecular weight is 376 g/mol. The maximum Gasteiger partial charge on any atom is 0.311 e. The molecular formula is C19H28N4O4. The third kappa shape index (κ3) is 3.50. The van der Waals surface area contributed by atoms with Crippen molar-refractivity contribution in [2.75, 3.05) is 19.6 Å². The van der Waals surface area contributed by atoms with Gasteiger partial charge in [0.25, 0.3) is 0 Å². The molecule has 0 radical (unpaired) electrons. The fraction of sp³-hybridized carbons (Fsp3) is 0.684. The number of hydrogen-bond acceptors (Lipinski definition) is 5. The zero-order valence-electron chi connectivity index (χ0n) is 16.2. The lowest BCUT2D eigenvalue weighted by Crippen LogP contribution is -2.63. The molecule has 2 aliphatic rings. The molecule has 3 rings (SSSR count). The van der Waals surface area contributed by atoms with E-state index in [1.54, 1.807) is 16.5 Å². The summed E-state index contributed by atoms with van der Waals surface area (Å²) < 4.78 is 1.72. The van der Waals surface area contributed by atoms with E-state index in [1.165, 1.54) is 6.92 Å². The number of hydrogen-bond donors (Lipinski definition) is 2. The van der Waals surface area contributed by atoms with Gasteiger partial charge in [-0.25, -0.2) is 0 Å². The SMILES string of the molecule is CC(=O)c1c(C)nn(CCC(=O)N2CC[C@@]3(C(=O)O)CCCN[C@@H]3C2)c1C. The first kappa shape index (κ1) is 19.5. The second-order valence-electron chi connectivity index (χ2n) is 7.74. The summed E-state index contributed by atoms with van der Waals surface area (Å²) in [5.41, 5.74) is 1.34. The van der Waals surface area contributed by atoms with Crippen LogP contribution in [0.3, 0.4) is 0 Å². The Morgan fingerprint density at radius 1 is 1.30 bits per heavy atom. The molecule has 2 aliphatic heterocycles. The van der Waals surface area contributed by atoms with Crippen LogP contribution in [0, 0.1) is 19.3 Å². The van der Waals surface area contributed by atoms with E-state index in [-0.39, 0.29) is 24.2 Å². The number of carbonyl (C=O) groups excluding carboxylic acids is 2. The fourth-order valence-electron chi connectivity index (χ4n) is 4.61. The van der Waals surface area contributed by atoms with Gasteiger partial charge in [-0.1, -0.05) is 0 Å². The Morgan fingerprint density at radius 2 is 2.04 bits per heavy atom. The molecule has 2 atom stereocenters. The van der Waals surface area contributed by atoms with Gasteiger partial charge in [0.1, 0.15) is 0 Å². The van der Waals surface area contributed by atoms with Crippen molar-refractivity contribution < 1.29 is 19.5 Å². The van der Waals surface area contributed by atoms with Crippen LogP contribution < -0.4 is 5.32 Å². The van der Waals surface area contributed by atoms with Crippen molar-refractivity contribution in [1.82, 2.24) is 20.0 Å². The number of nitrogens with zero attached hydrogens (tertiary/aromatic N) is 3. The zero-order chi connectivity index (χ0) is 19.8. The van der Waals surface area contributed by atoms with Gasteiger partial charge in [-0.2, -0.15) is 5.10 Å². The first-order chi connectivity index (χ1) is 12.8. The van der Waals surface area contributed by atoms with E-state index >= 15 is 0 Å². The van der Waals surface area contributed by atoms with Crippen LogP contribution in [0.2, 0.25) is 0 Å². The van der Waals surface area contributed by atoms with Gasteiger partial charge in [-0.05, 0) is 46.6 Å². The molecule has 1 aromatic heterocycles. The van der Waals surface area contributed by atoms with Crippen molar-refractivity contribution in [2.45, 2.75) is 59.0 Å². The normalized spacial score (nSPS) is 25.1. The minimum atomic E-state index is -0.758. The number of piperidine rings is 2. The molecule has 0 unspecified atom stereocenters. The number of nitrogens with one attached hydrogen (secondary N) is 1. The summed E-state index contributed by atoms with van der Waals surface area (Å²) in [5.74, 6) is -0.781. The number of carboxylic acid groups (broad SMARTS) is 1. The molecule has 1 aromatic rings. The van der Waals surface area contributed by atoms with Crippen molar-refractivity contribution in [3.05, 3.63) is 17.0 Å². The number of aryl methyl sites for hydroxylation is 2. The van der Waals surface area contributed by atoms with Crippen LogP contribution >= 0.6 is 0 Å². The predicted molar refractivity (Wildman–Crippen MR) is 98.6 cm³/mol. The van der Waals surface area contributed by atoms with Gasteiger partial charge < -0.3 is 15.3 Å². The maximum absolute atomic E-state index is 12.7. The minimum absolute atomic E-state index is 0.00158. The Balaban J connectivity index is 1.64. The molecule has 2 fully saturated rings. The number of fused-ring (bicyclic) bond motifs is 1. The van der Waals surface area contributed by atoms with Gasteiger partial charge in [0.05, 0.1) is 16.7 Å². The summed E-state index contributed by atoms with van der Waals surface area (Å²) in [6, 6.07) is -0.195. The van der Waals surface area contributed by atoms with Gasteiger partial charge in [0, 0.05) is 37.8 Å². The Bertz CT molecular complexity index is 772. The van der Waals surface area contributed by atoms with Crippen LogP contribution in [-0.4, -0.2) is 63.1 Å². The summed E-state index contributed by atoms with van der Waals surface area (Å²) in [6.07, 6.45) is 2.29. The van der Waals surface area contributed by atoms with Crippen molar-refractivity contribution >= 4 is 17.7 Å². The van der Waals surface area contributed by atoms with Crippen molar-refractivity contribution in [1.29, 1.82) is 0 Å². The molecule has 0 bridgehead atoms. The quantitative estimate of drug-likeness (QED) is 0.747. The number of carbonyl (C=O) groups is 3. The lowest BCUT2D eigenvalue weighted by atomic mass is 9.69. The molecule has 0 spiro atoms. The summed E-state index contributed by atoms with van der Waals surface area (Å²) in [5, 5.41) is 17.4. The average Bonchev–Trinajstić information content (AvgIpc) is 2.92. The van der Waals surface area contributed by atoms with E-state index in [0.29, 0.717) is 43.7 Å². The summed E-state index contributed by atoms with van der Waals surface area (Å²) in [4.78, 5) is 38.0. The first-order valence-corrected chi connectivity index (χ1v) is 9.56. The van der Waals surface area contributed by atoms with Crippen molar-refractivity contribution in [2.24, 2.45) is 5.41 Å². The summed E-state index contributed by atoms with van der Waals surface area (Å²) in [7, 11) is 0. The standard InChI is InChI=1S/C19H28N4O4/c1-12-17(14(3)24)13(2)23(21-12)9-5-16(25)22-10-7-19(18(26)27)6-4-8-20-15(19)11-22/h15,20H,4-11H2,1-3H3,(H,26,27)/t15-,19+/m1/s1. The summed E-state index contributed by atoms with van der Waals surface area (Å²) >= 11 is 0. The van der Waals surface area contributed by atoms with E-state index in [0.717, 1.165) is 18.7 Å². The topological polar surface area (TPSA) is 105 Å². The molecule has 0 saturated carbocycles. The van der Waals surface area contributed by atoms with Gasteiger partial charge in [0.15, 0.2) is 5.78 Å². The largest absolute Gasteiger partial charge is 0.481 e. The second kappa shape index (κ2) is 7.42. The Hall–Kier alpha value is -2.22. The van der Waals surface area contributed by atoms with Gasteiger partial charge in [-0.3, -0.25) is 19.1 Å². The Morgan fingerprint density at radius 3 is 2.67 bits per heavy atom. The molecule has 8 nitrogen and oxygen atoms in total. The number of ketones is 1. The van der Waals surface area contributed by atoms with Gasteiger partial charge in [0.2, 0.25) is 5.91 Å². The van der Waals surface area contributed by atoms with E-state index in [9.17, 15) is 19.5 Å². The zero-order valence-corrected chi connectivity index (χ0v) is 16.2. The Kier molecular flexibility index (Phi) is 5.37. The number of Topliss-reactive ketones (excluding diaryl/α,β-unsaturated/α-hetero) is 1. The number of rotatable bonds is 5. The smallest absolute Gasteiger partial charge is 0.311 e. The van der Waals surface area contributed by atoms with Crippen LogP contribution in [0.15, 0.2) is 0 Å². The molecule has 1 amide bonds. The molecule has 3 heterocycles. The highest BCUT2D eigenvalue weighted by molar-refractivity contribution is 5.96. The fourth-order valence-corrected chi connectivity index (χ4v) is 4.61. The van der Waals surface area contributed by atoms with Crippen LogP contribution in [-0.2, 0) is 16.1 Å². The molecule has 8 heteroatoms. The molecule has 27 heavy (non-hydrogen) atoms. The lowest BCUT2D eigenvalue weighted by Gasteiger charge is -2.48.